The molecule has 6 nitrogen and oxygen atoms in total. The maximum Gasteiger partial charge on any atom is 0.297 e. The van der Waals surface area contributed by atoms with Crippen LogP contribution in [0.25, 0.3) is 11.0 Å². The molecule has 0 unspecified atom stereocenters. The molecule has 0 radical (unpaired) electrons. The van der Waals surface area contributed by atoms with Gasteiger partial charge in [0, 0.05) is 5.02 Å². The molecule has 2 aromatic carbocycles. The lowest BCUT2D eigenvalue weighted by Gasteiger charge is -2.22. The van der Waals surface area contributed by atoms with Gasteiger partial charge < -0.3 is 4.42 Å². The number of nitrogens with zero attached hydrogens (tertiary/aromatic N) is 3. The Morgan fingerprint density at radius 2 is 1.88 bits per heavy atom. The van der Waals surface area contributed by atoms with Crippen molar-refractivity contribution >= 4 is 44.9 Å². The van der Waals surface area contributed by atoms with Crippen molar-refractivity contribution in [1.29, 1.82) is 0 Å². The normalized spacial score (nSPS) is 15.7. The van der Waals surface area contributed by atoms with E-state index in [9.17, 15) is 9.59 Å². The minimum atomic E-state index is -0.656. The fraction of sp³-hybridized carbons (Fsp3) is 0.250. The third-order valence-corrected chi connectivity index (χ3v) is 7.02. The number of rotatable bonds is 4. The predicted molar refractivity (Wildman–Crippen MR) is 126 cm³/mol. The summed E-state index contributed by atoms with van der Waals surface area (Å²) in [5.41, 5.74) is 2.34. The second-order valence-electron chi connectivity index (χ2n) is 8.05. The summed E-state index contributed by atoms with van der Waals surface area (Å²) in [5, 5.41) is 10.5. The van der Waals surface area contributed by atoms with E-state index in [1.54, 1.807) is 18.2 Å². The number of aromatic nitrogens is 2. The van der Waals surface area contributed by atoms with E-state index in [1.807, 2.05) is 31.2 Å². The van der Waals surface area contributed by atoms with Gasteiger partial charge in [-0.15, -0.1) is 10.2 Å². The summed E-state index contributed by atoms with van der Waals surface area (Å²) < 4.78 is 5.96. The molecule has 32 heavy (non-hydrogen) atoms. The smallest absolute Gasteiger partial charge is 0.297 e. The highest BCUT2D eigenvalue weighted by Crippen LogP contribution is 2.42. The third kappa shape index (κ3) is 3.24. The topological polar surface area (TPSA) is 76.3 Å². The Morgan fingerprint density at radius 1 is 1.12 bits per heavy atom. The minimum Gasteiger partial charge on any atom is -0.450 e. The molecule has 0 fully saturated rings. The monoisotopic (exact) mass is 465 g/mol. The highest BCUT2D eigenvalue weighted by molar-refractivity contribution is 7.15. The molecule has 4 aromatic rings. The second kappa shape index (κ2) is 7.83. The summed E-state index contributed by atoms with van der Waals surface area (Å²) in [6.07, 6.45) is 0.708. The lowest BCUT2D eigenvalue weighted by atomic mass is 9.95. The Bertz CT molecular complexity index is 1410. The first-order valence-corrected chi connectivity index (χ1v) is 11.6. The average molecular weight is 466 g/mol. The van der Waals surface area contributed by atoms with Gasteiger partial charge in [0.15, 0.2) is 5.43 Å². The lowest BCUT2D eigenvalue weighted by Crippen LogP contribution is -2.29. The van der Waals surface area contributed by atoms with Crippen LogP contribution in [0, 0.1) is 0 Å². The van der Waals surface area contributed by atoms with E-state index in [2.05, 4.69) is 24.0 Å². The van der Waals surface area contributed by atoms with Crippen molar-refractivity contribution in [3.8, 4) is 0 Å². The van der Waals surface area contributed by atoms with E-state index in [0.717, 1.165) is 10.6 Å². The largest absolute Gasteiger partial charge is 0.450 e. The molecule has 0 saturated carbocycles. The minimum absolute atomic E-state index is 0.0380. The molecule has 5 rings (SSSR count). The third-order valence-electron chi connectivity index (χ3n) is 5.72. The molecule has 2 aromatic heterocycles. The number of fused-ring (bicyclic) bond motifs is 2. The molecule has 0 aliphatic carbocycles. The summed E-state index contributed by atoms with van der Waals surface area (Å²) in [6.45, 7) is 6.22. The van der Waals surface area contributed by atoms with Crippen LogP contribution in [0.15, 0.2) is 51.7 Å². The van der Waals surface area contributed by atoms with Crippen LogP contribution < -0.4 is 10.3 Å². The van der Waals surface area contributed by atoms with Crippen molar-refractivity contribution in [2.45, 2.75) is 39.2 Å². The number of halogens is 1. The Balaban J connectivity index is 1.77. The SMILES string of the molecule is CCc1nnc(N2C(=O)c3oc4ccc(Cl)cc4c(=O)c3[C@H]2c2ccc(C(C)C)cc2)s1. The number of benzene rings is 2. The van der Waals surface area contributed by atoms with Gasteiger partial charge in [-0.05, 0) is 41.7 Å². The number of hydrogen-bond acceptors (Lipinski definition) is 6. The summed E-state index contributed by atoms with van der Waals surface area (Å²) in [7, 11) is 0. The number of anilines is 1. The summed E-state index contributed by atoms with van der Waals surface area (Å²) >= 11 is 7.48. The van der Waals surface area contributed by atoms with Gasteiger partial charge in [0.2, 0.25) is 10.9 Å². The molecule has 1 aliphatic rings. The molecule has 3 heterocycles. The molecule has 1 aliphatic heterocycles. The Kier molecular flexibility index (Phi) is 5.10. The van der Waals surface area contributed by atoms with E-state index >= 15 is 0 Å². The molecule has 0 N–H and O–H groups in total. The van der Waals surface area contributed by atoms with Gasteiger partial charge >= 0.3 is 0 Å². The van der Waals surface area contributed by atoms with Gasteiger partial charge in [0.25, 0.3) is 5.91 Å². The first-order chi connectivity index (χ1) is 15.4. The standard InChI is InChI=1S/C24H20ClN3O3S/c1-4-18-26-27-24(32-18)28-20(14-7-5-13(6-8-14)12(2)3)19-21(29)16-11-15(25)9-10-17(16)31-22(19)23(28)30/h5-12,20H,4H2,1-3H3/t20-/m1/s1. The number of aryl methyl sites for hydroxylation is 1. The fourth-order valence-electron chi connectivity index (χ4n) is 4.01. The van der Waals surface area contributed by atoms with Crippen molar-refractivity contribution in [3.63, 3.8) is 0 Å². The number of hydrogen-bond donors (Lipinski definition) is 0. The Labute approximate surface area is 193 Å². The van der Waals surface area contributed by atoms with Crippen LogP contribution in [-0.4, -0.2) is 16.1 Å². The predicted octanol–water partition coefficient (Wildman–Crippen LogP) is 5.73. The maximum absolute atomic E-state index is 13.6. The van der Waals surface area contributed by atoms with Crippen molar-refractivity contribution < 1.29 is 9.21 Å². The molecule has 162 valence electrons. The number of amides is 1. The van der Waals surface area contributed by atoms with E-state index in [1.165, 1.54) is 21.8 Å². The van der Waals surface area contributed by atoms with Crippen molar-refractivity contribution in [3.05, 3.63) is 85.2 Å². The second-order valence-corrected chi connectivity index (χ2v) is 9.52. The van der Waals surface area contributed by atoms with Gasteiger partial charge in [-0.3, -0.25) is 14.5 Å². The molecule has 0 saturated heterocycles. The highest BCUT2D eigenvalue weighted by atomic mass is 35.5. The maximum atomic E-state index is 13.6. The Hall–Kier alpha value is -3.03. The van der Waals surface area contributed by atoms with Gasteiger partial charge in [-0.1, -0.05) is 68.0 Å². The molecular formula is C24H20ClN3O3S. The zero-order chi connectivity index (χ0) is 22.6. The van der Waals surface area contributed by atoms with Gasteiger partial charge in [0.1, 0.15) is 10.6 Å². The van der Waals surface area contributed by atoms with Crippen LogP contribution in [0.3, 0.4) is 0 Å². The molecule has 8 heteroatoms. The van der Waals surface area contributed by atoms with Crippen LogP contribution in [0.5, 0.6) is 0 Å². The molecule has 1 atom stereocenters. The van der Waals surface area contributed by atoms with E-state index < -0.39 is 11.9 Å². The van der Waals surface area contributed by atoms with Gasteiger partial charge in [-0.25, -0.2) is 0 Å². The molecule has 1 amide bonds. The van der Waals surface area contributed by atoms with Crippen LogP contribution in [0.4, 0.5) is 5.13 Å². The molecular weight excluding hydrogens is 446 g/mol. The average Bonchev–Trinajstić information content (AvgIpc) is 3.37. The van der Waals surface area contributed by atoms with E-state index in [4.69, 9.17) is 16.0 Å². The van der Waals surface area contributed by atoms with E-state index in [-0.39, 0.29) is 11.2 Å². The van der Waals surface area contributed by atoms with Crippen LogP contribution in [0.2, 0.25) is 5.02 Å². The molecule has 0 bridgehead atoms. The molecule has 0 spiro atoms. The van der Waals surface area contributed by atoms with E-state index in [0.29, 0.717) is 39.0 Å². The summed E-state index contributed by atoms with van der Waals surface area (Å²) in [6, 6.07) is 12.1. The van der Waals surface area contributed by atoms with Crippen LogP contribution >= 0.6 is 22.9 Å². The quantitative estimate of drug-likeness (QED) is 0.384. The summed E-state index contributed by atoms with van der Waals surface area (Å²) in [4.78, 5) is 28.6. The lowest BCUT2D eigenvalue weighted by molar-refractivity contribution is 0.0970. The van der Waals surface area contributed by atoms with Gasteiger partial charge in [0.05, 0.1) is 17.0 Å². The van der Waals surface area contributed by atoms with Crippen LogP contribution in [-0.2, 0) is 6.42 Å². The zero-order valence-corrected chi connectivity index (χ0v) is 19.3. The van der Waals surface area contributed by atoms with Crippen molar-refractivity contribution in [2.24, 2.45) is 0 Å². The van der Waals surface area contributed by atoms with Crippen LogP contribution in [0.1, 0.15) is 65.0 Å². The Morgan fingerprint density at radius 3 is 2.53 bits per heavy atom. The summed E-state index contributed by atoms with van der Waals surface area (Å²) in [5.74, 6) is 0.00535. The zero-order valence-electron chi connectivity index (χ0n) is 17.8. The van der Waals surface area contributed by atoms with Crippen molar-refractivity contribution in [2.75, 3.05) is 4.90 Å². The number of carbonyl (C=O) groups excluding carboxylic acids is 1. The fourth-order valence-corrected chi connectivity index (χ4v) is 4.98. The van der Waals surface area contributed by atoms with Gasteiger partial charge in [-0.2, -0.15) is 0 Å². The highest BCUT2D eigenvalue weighted by Gasteiger charge is 2.45. The first kappa shape index (κ1) is 20.8. The number of carbonyl (C=O) groups is 1. The first-order valence-electron chi connectivity index (χ1n) is 10.4. The van der Waals surface area contributed by atoms with Crippen molar-refractivity contribution in [1.82, 2.24) is 10.2 Å².